The van der Waals surface area contributed by atoms with Crippen LogP contribution in [0.4, 0.5) is 0 Å². The third-order valence-electron chi connectivity index (χ3n) is 13.0. The monoisotopic (exact) mass is 830 g/mol. The van der Waals surface area contributed by atoms with Gasteiger partial charge in [-0.3, -0.25) is 0 Å². The van der Waals surface area contributed by atoms with E-state index in [0.29, 0.717) is 17.5 Å². The van der Waals surface area contributed by atoms with Crippen molar-refractivity contribution in [3.05, 3.63) is 206 Å². The first-order chi connectivity index (χ1) is 32.2. The molecule has 0 aliphatic heterocycles. The molecule has 0 amide bonds. The molecule has 0 unspecified atom stereocenters. The molecule has 0 saturated heterocycles. The van der Waals surface area contributed by atoms with Crippen molar-refractivity contribution in [1.29, 1.82) is 0 Å². The van der Waals surface area contributed by atoms with Gasteiger partial charge < -0.3 is 13.4 Å². The van der Waals surface area contributed by atoms with Crippen LogP contribution in [0.15, 0.2) is 215 Å². The van der Waals surface area contributed by atoms with Crippen LogP contribution in [0.5, 0.6) is 0 Å². The van der Waals surface area contributed by atoms with Gasteiger partial charge in [-0.05, 0) is 81.2 Å². The smallest absolute Gasteiger partial charge is 0.167 e. The maximum absolute atomic E-state index is 6.72. The van der Waals surface area contributed by atoms with Crippen molar-refractivity contribution in [2.24, 2.45) is 0 Å². The zero-order chi connectivity index (χ0) is 42.6. The van der Waals surface area contributed by atoms with Gasteiger partial charge in [0.15, 0.2) is 17.5 Å². The molecule has 6 heteroatoms. The molecule has 0 radical (unpaired) electrons. The Labute approximate surface area is 371 Å². The van der Waals surface area contributed by atoms with Crippen molar-refractivity contribution in [3.63, 3.8) is 0 Å². The van der Waals surface area contributed by atoms with Crippen LogP contribution >= 0.6 is 0 Å². The molecule has 0 aliphatic rings. The van der Waals surface area contributed by atoms with Gasteiger partial charge in [0.2, 0.25) is 0 Å². The summed E-state index contributed by atoms with van der Waals surface area (Å²) in [6, 6.07) is 72.3. The molecule has 65 heavy (non-hydrogen) atoms. The van der Waals surface area contributed by atoms with E-state index in [1.807, 2.05) is 66.7 Å². The Hall–Kier alpha value is -8.87. The summed E-state index contributed by atoms with van der Waals surface area (Å²) >= 11 is 0. The lowest BCUT2D eigenvalue weighted by Gasteiger charge is -2.13. The topological polar surface area (TPSA) is 69.9 Å². The molecule has 0 fully saturated rings. The van der Waals surface area contributed by atoms with Gasteiger partial charge in [-0.2, -0.15) is 0 Å². The second-order valence-electron chi connectivity index (χ2n) is 16.8. The zero-order valence-electron chi connectivity index (χ0n) is 34.7. The number of rotatable bonds is 5. The highest BCUT2D eigenvalue weighted by Gasteiger charge is 2.21. The Morgan fingerprint density at radius 1 is 0.323 bits per heavy atom. The summed E-state index contributed by atoms with van der Waals surface area (Å²) in [5.74, 6) is 1.72. The van der Waals surface area contributed by atoms with Crippen LogP contribution < -0.4 is 0 Å². The molecule has 10 aromatic carbocycles. The highest BCUT2D eigenvalue weighted by atomic mass is 16.3. The standard InChI is InChI=1S/C59H34N4O2/c1-2-13-36(14-3-1)57-60-58(62-59(61-57)46-22-12-21-44-43-19-8-10-23-52(43)65-56(44)46)37-27-25-35(26-28-37)47-33-42(34-54-55(47)45-20-9-11-24-53(45)64-54)63-50-31-40-17-6-4-15-38(40)29-48(50)49-30-39-16-5-7-18-41(39)32-51(49)63/h1-34H. The first kappa shape index (κ1) is 35.7. The molecule has 14 rings (SSSR count). The van der Waals surface area contributed by atoms with Crippen LogP contribution in [0.25, 0.3) is 138 Å². The minimum absolute atomic E-state index is 0.550. The summed E-state index contributed by atoms with van der Waals surface area (Å²) < 4.78 is 15.6. The predicted molar refractivity (Wildman–Crippen MR) is 265 cm³/mol. The van der Waals surface area contributed by atoms with Crippen molar-refractivity contribution in [2.75, 3.05) is 0 Å². The summed E-state index contributed by atoms with van der Waals surface area (Å²) in [6.07, 6.45) is 0. The maximum Gasteiger partial charge on any atom is 0.167 e. The molecule has 0 aliphatic carbocycles. The fourth-order valence-electron chi connectivity index (χ4n) is 9.93. The number of aromatic nitrogens is 4. The van der Waals surface area contributed by atoms with Crippen molar-refractivity contribution < 1.29 is 8.83 Å². The Morgan fingerprint density at radius 2 is 0.846 bits per heavy atom. The van der Waals surface area contributed by atoms with Crippen LogP contribution in [0.2, 0.25) is 0 Å². The summed E-state index contributed by atoms with van der Waals surface area (Å²) in [5.41, 5.74) is 11.3. The second kappa shape index (κ2) is 13.8. The Balaban J connectivity index is 0.971. The summed E-state index contributed by atoms with van der Waals surface area (Å²) in [5, 5.41) is 11.5. The van der Waals surface area contributed by atoms with Gasteiger partial charge in [0.1, 0.15) is 22.3 Å². The lowest BCUT2D eigenvalue weighted by atomic mass is 9.97. The molecule has 0 spiro atoms. The predicted octanol–water partition coefficient (Wildman–Crippen LogP) is 15.7. The molecule has 0 bridgehead atoms. The summed E-state index contributed by atoms with van der Waals surface area (Å²) in [7, 11) is 0. The lowest BCUT2D eigenvalue weighted by Crippen LogP contribution is -2.00. The van der Waals surface area contributed by atoms with E-state index < -0.39 is 0 Å². The van der Waals surface area contributed by atoms with E-state index in [1.54, 1.807) is 0 Å². The first-order valence-electron chi connectivity index (χ1n) is 21.8. The highest BCUT2D eigenvalue weighted by molar-refractivity contribution is 6.18. The van der Waals surface area contributed by atoms with E-state index in [-0.39, 0.29) is 0 Å². The molecule has 0 atom stereocenters. The average molecular weight is 831 g/mol. The minimum Gasteiger partial charge on any atom is -0.456 e. The number of furan rings is 2. The van der Waals surface area contributed by atoms with E-state index >= 15 is 0 Å². The number of para-hydroxylation sites is 3. The number of hydrogen-bond acceptors (Lipinski definition) is 5. The number of nitrogens with zero attached hydrogens (tertiary/aromatic N) is 4. The highest BCUT2D eigenvalue weighted by Crippen LogP contribution is 2.43. The Bertz CT molecular complexity index is 4140. The van der Waals surface area contributed by atoms with Crippen LogP contribution in [-0.2, 0) is 0 Å². The quantitative estimate of drug-likeness (QED) is 0.173. The summed E-state index contributed by atoms with van der Waals surface area (Å²) in [4.78, 5) is 15.3. The van der Waals surface area contributed by atoms with Crippen molar-refractivity contribution in [1.82, 2.24) is 19.5 Å². The number of fused-ring (bicyclic) bond motifs is 11. The molecule has 6 nitrogen and oxygen atoms in total. The van der Waals surface area contributed by atoms with Gasteiger partial charge in [0, 0.05) is 49.5 Å². The molecule has 4 heterocycles. The zero-order valence-corrected chi connectivity index (χ0v) is 34.7. The third kappa shape index (κ3) is 5.57. The Morgan fingerprint density at radius 3 is 1.52 bits per heavy atom. The normalized spacial score (nSPS) is 12.0. The molecule has 0 N–H and O–H groups in total. The van der Waals surface area contributed by atoms with Gasteiger partial charge in [0.25, 0.3) is 0 Å². The maximum atomic E-state index is 6.72. The van der Waals surface area contributed by atoms with Crippen LogP contribution in [-0.4, -0.2) is 19.5 Å². The largest absolute Gasteiger partial charge is 0.456 e. The van der Waals surface area contributed by atoms with Gasteiger partial charge in [-0.15, -0.1) is 0 Å². The fraction of sp³-hybridized carbons (Fsp3) is 0. The van der Waals surface area contributed by atoms with Crippen molar-refractivity contribution in [3.8, 4) is 51.0 Å². The number of hydrogen-bond donors (Lipinski definition) is 0. The molecule has 14 aromatic rings. The Kier molecular flexibility index (Phi) is 7.59. The van der Waals surface area contributed by atoms with Crippen LogP contribution in [0, 0.1) is 0 Å². The fourth-order valence-corrected chi connectivity index (χ4v) is 9.93. The minimum atomic E-state index is 0.550. The van der Waals surface area contributed by atoms with E-state index in [9.17, 15) is 0 Å². The van der Waals surface area contributed by atoms with Crippen molar-refractivity contribution in [2.45, 2.75) is 0 Å². The van der Waals surface area contributed by atoms with Crippen LogP contribution in [0.1, 0.15) is 0 Å². The lowest BCUT2D eigenvalue weighted by molar-refractivity contribution is 0.668. The molecule has 4 aromatic heterocycles. The molecule has 0 saturated carbocycles. The van der Waals surface area contributed by atoms with Gasteiger partial charge in [0.05, 0.1) is 22.3 Å². The third-order valence-corrected chi connectivity index (χ3v) is 13.0. The van der Waals surface area contributed by atoms with Crippen LogP contribution in [0.3, 0.4) is 0 Å². The molecular weight excluding hydrogens is 797 g/mol. The average Bonchev–Trinajstić information content (AvgIpc) is 4.04. The number of benzene rings is 10. The first-order valence-corrected chi connectivity index (χ1v) is 21.8. The summed E-state index contributed by atoms with van der Waals surface area (Å²) in [6.45, 7) is 0. The van der Waals surface area contributed by atoms with E-state index in [1.165, 1.54) is 32.3 Å². The van der Waals surface area contributed by atoms with Gasteiger partial charge in [-0.25, -0.2) is 15.0 Å². The van der Waals surface area contributed by atoms with Crippen molar-refractivity contribution >= 4 is 87.2 Å². The van der Waals surface area contributed by atoms with Gasteiger partial charge in [-0.1, -0.05) is 152 Å². The van der Waals surface area contributed by atoms with E-state index in [2.05, 4.69) is 144 Å². The van der Waals surface area contributed by atoms with E-state index in [0.717, 1.165) is 88.4 Å². The van der Waals surface area contributed by atoms with Gasteiger partial charge >= 0.3 is 0 Å². The van der Waals surface area contributed by atoms with E-state index in [4.69, 9.17) is 23.8 Å². The molecular formula is C59H34N4O2. The SMILES string of the molecule is c1ccc(-c2nc(-c3ccc(-c4cc(-n5c6cc7ccccc7cc6c6cc7ccccc7cc65)cc5oc6ccccc6c45)cc3)nc(-c3cccc4c3oc3ccccc34)n2)cc1. The molecule has 302 valence electrons. The second-order valence-corrected chi connectivity index (χ2v) is 16.8.